The number of anilines is 1. The summed E-state index contributed by atoms with van der Waals surface area (Å²) in [5, 5.41) is 3.22. The van der Waals surface area contributed by atoms with Gasteiger partial charge in [-0.05, 0) is 44.4 Å². The van der Waals surface area contributed by atoms with Crippen LogP contribution in [0.25, 0.3) is 0 Å². The summed E-state index contributed by atoms with van der Waals surface area (Å²) in [4.78, 5) is 22.6. The third kappa shape index (κ3) is 3.30. The summed E-state index contributed by atoms with van der Waals surface area (Å²) in [5.74, 6) is 1.05. The molecule has 142 valence electrons. The molecule has 1 unspecified atom stereocenters. The van der Waals surface area contributed by atoms with E-state index in [2.05, 4.69) is 15.3 Å². The standard InChI is InChI=1S/C18H19ClN4O2S2/c1-10-4-2-5-14(21-10)23-16(24)13-8-11(19)15(26-13)12-9-27(25)18(6-3-7-18)17(20)22-12/h2,4-5,8,12H,3,6-7,9H2,1H3,(H2,20,22)(H,21,23,24)/t12-,27?/m0/s1. The number of rotatable bonds is 3. The number of carbonyl (C=O) groups is 1. The van der Waals surface area contributed by atoms with Gasteiger partial charge < -0.3 is 11.1 Å². The second-order valence-corrected chi connectivity index (χ2v) is 10.1. The van der Waals surface area contributed by atoms with Gasteiger partial charge in [0.2, 0.25) is 0 Å². The van der Waals surface area contributed by atoms with Gasteiger partial charge in [-0.15, -0.1) is 11.3 Å². The second-order valence-electron chi connectivity index (χ2n) is 6.83. The van der Waals surface area contributed by atoms with E-state index in [1.807, 2.05) is 19.1 Å². The molecule has 27 heavy (non-hydrogen) atoms. The molecule has 1 aliphatic heterocycles. The summed E-state index contributed by atoms with van der Waals surface area (Å²) in [6.07, 6.45) is 2.69. The van der Waals surface area contributed by atoms with E-state index in [0.717, 1.165) is 29.8 Å². The number of pyridine rings is 1. The van der Waals surface area contributed by atoms with Gasteiger partial charge in [0.05, 0.1) is 21.7 Å². The van der Waals surface area contributed by atoms with Gasteiger partial charge in [0, 0.05) is 21.4 Å². The molecule has 1 amide bonds. The SMILES string of the molecule is Cc1cccc(NC(=O)c2cc(Cl)c([C@@H]3CS(=O)C4(CCC4)C(N)=N3)s2)n1. The summed E-state index contributed by atoms with van der Waals surface area (Å²) in [7, 11) is -1.08. The van der Waals surface area contributed by atoms with Crippen LogP contribution in [0.4, 0.5) is 5.82 Å². The lowest BCUT2D eigenvalue weighted by Crippen LogP contribution is -2.56. The van der Waals surface area contributed by atoms with Crippen molar-refractivity contribution in [2.75, 3.05) is 11.1 Å². The highest BCUT2D eigenvalue weighted by molar-refractivity contribution is 7.87. The Hall–Kier alpha value is -1.77. The van der Waals surface area contributed by atoms with Crippen LogP contribution in [-0.4, -0.2) is 31.4 Å². The average molecular weight is 423 g/mol. The van der Waals surface area contributed by atoms with E-state index in [1.165, 1.54) is 11.3 Å². The van der Waals surface area contributed by atoms with Gasteiger partial charge in [-0.25, -0.2) is 4.98 Å². The van der Waals surface area contributed by atoms with Crippen LogP contribution in [0.15, 0.2) is 29.3 Å². The molecule has 2 aliphatic rings. The molecule has 2 aromatic rings. The van der Waals surface area contributed by atoms with Crippen LogP contribution in [-0.2, 0) is 10.8 Å². The number of aliphatic imine (C=N–C) groups is 1. The zero-order valence-electron chi connectivity index (χ0n) is 14.7. The summed E-state index contributed by atoms with van der Waals surface area (Å²) in [6.45, 7) is 1.86. The van der Waals surface area contributed by atoms with E-state index in [9.17, 15) is 9.00 Å². The molecule has 0 saturated heterocycles. The third-order valence-corrected chi connectivity index (χ3v) is 8.80. The molecule has 3 N–H and O–H groups in total. The summed E-state index contributed by atoms with van der Waals surface area (Å²) >= 11 is 7.63. The van der Waals surface area contributed by atoms with Gasteiger partial charge in [-0.1, -0.05) is 17.7 Å². The number of aryl methyl sites for hydroxylation is 1. The molecule has 1 spiro atoms. The first kappa shape index (κ1) is 18.6. The molecule has 4 rings (SSSR count). The maximum absolute atomic E-state index is 12.7. The van der Waals surface area contributed by atoms with Crippen molar-refractivity contribution in [3.05, 3.63) is 44.7 Å². The van der Waals surface area contributed by atoms with E-state index in [1.54, 1.807) is 12.1 Å². The number of hydrogen-bond acceptors (Lipinski definition) is 6. The lowest BCUT2D eigenvalue weighted by atomic mass is 9.83. The molecule has 6 nitrogen and oxygen atoms in total. The average Bonchev–Trinajstić information content (AvgIpc) is 2.95. The van der Waals surface area contributed by atoms with Gasteiger partial charge >= 0.3 is 0 Å². The number of nitrogens with two attached hydrogens (primary N) is 1. The maximum atomic E-state index is 12.7. The molecule has 0 bridgehead atoms. The molecule has 1 saturated carbocycles. The van der Waals surface area contributed by atoms with Crippen molar-refractivity contribution in [1.29, 1.82) is 0 Å². The first-order chi connectivity index (χ1) is 12.9. The molecular weight excluding hydrogens is 404 g/mol. The molecule has 2 aromatic heterocycles. The number of hydrogen-bond donors (Lipinski definition) is 2. The number of nitrogens with zero attached hydrogens (tertiary/aromatic N) is 2. The first-order valence-electron chi connectivity index (χ1n) is 8.65. The second kappa shape index (κ2) is 7.00. The van der Waals surface area contributed by atoms with Crippen molar-refractivity contribution in [2.24, 2.45) is 10.7 Å². The van der Waals surface area contributed by atoms with Gasteiger partial charge in [-0.2, -0.15) is 0 Å². The van der Waals surface area contributed by atoms with E-state index < -0.39 is 15.5 Å². The van der Waals surface area contributed by atoms with Gasteiger partial charge in [0.25, 0.3) is 5.91 Å². The summed E-state index contributed by atoms with van der Waals surface area (Å²) < 4.78 is 12.3. The number of carbonyl (C=O) groups excluding carboxylic acids is 1. The lowest BCUT2D eigenvalue weighted by Gasteiger charge is -2.43. The third-order valence-electron chi connectivity index (χ3n) is 5.04. The molecule has 3 heterocycles. The predicted octanol–water partition coefficient (Wildman–Crippen LogP) is 3.44. The highest BCUT2D eigenvalue weighted by atomic mass is 35.5. The van der Waals surface area contributed by atoms with Crippen LogP contribution >= 0.6 is 22.9 Å². The lowest BCUT2D eigenvalue weighted by molar-refractivity contribution is 0.103. The Labute approximate surface area is 168 Å². The first-order valence-corrected chi connectivity index (χ1v) is 11.2. The number of amides is 1. The minimum Gasteiger partial charge on any atom is -0.386 e. The fourth-order valence-electron chi connectivity index (χ4n) is 3.37. The van der Waals surface area contributed by atoms with E-state index in [0.29, 0.717) is 27.3 Å². The molecule has 0 aromatic carbocycles. The van der Waals surface area contributed by atoms with Crippen LogP contribution in [0.2, 0.25) is 5.02 Å². The predicted molar refractivity (Wildman–Crippen MR) is 110 cm³/mol. The van der Waals surface area contributed by atoms with Crippen molar-refractivity contribution in [1.82, 2.24) is 4.98 Å². The molecule has 1 aliphatic carbocycles. The number of amidine groups is 1. The minimum atomic E-state index is -1.08. The van der Waals surface area contributed by atoms with E-state index >= 15 is 0 Å². The minimum absolute atomic E-state index is 0.282. The fraction of sp³-hybridized carbons (Fsp3) is 0.389. The van der Waals surface area contributed by atoms with Crippen molar-refractivity contribution in [3.8, 4) is 0 Å². The van der Waals surface area contributed by atoms with Crippen LogP contribution in [0, 0.1) is 6.92 Å². The van der Waals surface area contributed by atoms with Crippen molar-refractivity contribution < 1.29 is 9.00 Å². The zero-order valence-corrected chi connectivity index (χ0v) is 17.1. The van der Waals surface area contributed by atoms with Crippen molar-refractivity contribution in [2.45, 2.75) is 37.0 Å². The Morgan fingerprint density at radius 1 is 1.44 bits per heavy atom. The topological polar surface area (TPSA) is 97.4 Å². The smallest absolute Gasteiger partial charge is 0.266 e. The van der Waals surface area contributed by atoms with Crippen molar-refractivity contribution in [3.63, 3.8) is 0 Å². The molecule has 1 fully saturated rings. The Kier molecular flexibility index (Phi) is 4.82. The van der Waals surface area contributed by atoms with Crippen LogP contribution < -0.4 is 11.1 Å². The van der Waals surface area contributed by atoms with Gasteiger partial charge in [0.1, 0.15) is 16.4 Å². The van der Waals surface area contributed by atoms with E-state index in [4.69, 9.17) is 17.3 Å². The van der Waals surface area contributed by atoms with Crippen LogP contribution in [0.3, 0.4) is 0 Å². The summed E-state index contributed by atoms with van der Waals surface area (Å²) in [5.41, 5.74) is 6.97. The normalized spacial score (nSPS) is 23.6. The highest BCUT2D eigenvalue weighted by Gasteiger charge is 2.50. The number of halogens is 1. The molecular formula is C18H19ClN4O2S2. The van der Waals surface area contributed by atoms with Gasteiger partial charge in [-0.3, -0.25) is 14.0 Å². The number of thiophene rings is 1. The quantitative estimate of drug-likeness (QED) is 0.791. The maximum Gasteiger partial charge on any atom is 0.266 e. The van der Waals surface area contributed by atoms with Crippen molar-refractivity contribution >= 4 is 51.3 Å². The van der Waals surface area contributed by atoms with Gasteiger partial charge in [0.15, 0.2) is 0 Å². The highest BCUT2D eigenvalue weighted by Crippen LogP contribution is 2.45. The Balaban J connectivity index is 1.57. The molecule has 9 heteroatoms. The number of nitrogens with one attached hydrogen (secondary N) is 1. The zero-order chi connectivity index (χ0) is 19.2. The largest absolute Gasteiger partial charge is 0.386 e. The van der Waals surface area contributed by atoms with Crippen LogP contribution in [0.5, 0.6) is 0 Å². The summed E-state index contributed by atoms with van der Waals surface area (Å²) in [6, 6.07) is 6.67. The Bertz CT molecular complexity index is 968. The van der Waals surface area contributed by atoms with E-state index in [-0.39, 0.29) is 11.9 Å². The fourth-order valence-corrected chi connectivity index (χ4v) is 6.75. The monoisotopic (exact) mass is 422 g/mol. The molecule has 0 radical (unpaired) electrons. The number of aromatic nitrogens is 1. The Morgan fingerprint density at radius 3 is 2.85 bits per heavy atom. The van der Waals surface area contributed by atoms with Crippen LogP contribution in [0.1, 0.15) is 45.5 Å². The molecule has 2 atom stereocenters. The Morgan fingerprint density at radius 2 is 2.22 bits per heavy atom.